The lowest BCUT2D eigenvalue weighted by Crippen LogP contribution is -2.56. The molecule has 0 aliphatic carbocycles. The first kappa shape index (κ1) is 18.1. The Kier molecular flexibility index (Phi) is 6.03. The molecular weight excluding hydrogens is 314 g/mol. The van der Waals surface area contributed by atoms with Gasteiger partial charge in [0.25, 0.3) is 5.91 Å². The van der Waals surface area contributed by atoms with E-state index in [-0.39, 0.29) is 19.6 Å². The van der Waals surface area contributed by atoms with Crippen LogP contribution in [0.1, 0.15) is 20.3 Å². The van der Waals surface area contributed by atoms with Gasteiger partial charge in [-0.25, -0.2) is 4.79 Å². The molecule has 1 aliphatic rings. The second-order valence-corrected chi connectivity index (χ2v) is 6.21. The number of carbonyl (C=O) groups is 2. The average molecular weight is 337 g/mol. The molecule has 1 aliphatic heterocycles. The molecule has 7 heteroatoms. The van der Waals surface area contributed by atoms with Gasteiger partial charge in [-0.2, -0.15) is 0 Å². The Bertz CT molecular complexity index is 580. The van der Waals surface area contributed by atoms with Gasteiger partial charge in [-0.1, -0.05) is 19.9 Å². The van der Waals surface area contributed by atoms with Gasteiger partial charge >= 0.3 is 5.97 Å². The molecule has 0 aromatic heterocycles. The van der Waals surface area contributed by atoms with Crippen LogP contribution in [-0.4, -0.2) is 48.9 Å². The topological polar surface area (TPSA) is 94.1 Å². The third-order valence-electron chi connectivity index (χ3n) is 3.57. The zero-order valence-corrected chi connectivity index (χ0v) is 13.9. The van der Waals surface area contributed by atoms with Crippen molar-refractivity contribution in [2.24, 2.45) is 5.92 Å². The maximum absolute atomic E-state index is 12.0. The van der Waals surface area contributed by atoms with E-state index in [1.807, 2.05) is 6.07 Å². The Morgan fingerprint density at radius 1 is 1.33 bits per heavy atom. The van der Waals surface area contributed by atoms with Gasteiger partial charge in [-0.3, -0.25) is 4.79 Å². The quantitative estimate of drug-likeness (QED) is 0.746. The lowest BCUT2D eigenvalue weighted by atomic mass is 9.99. The van der Waals surface area contributed by atoms with Crippen LogP contribution >= 0.6 is 0 Å². The number of carboxylic acids is 1. The molecule has 1 heterocycles. The Morgan fingerprint density at radius 3 is 2.62 bits per heavy atom. The van der Waals surface area contributed by atoms with Crippen molar-refractivity contribution in [3.8, 4) is 11.5 Å². The van der Waals surface area contributed by atoms with Crippen molar-refractivity contribution in [1.82, 2.24) is 5.32 Å². The number of hydrogen-bond donors (Lipinski definition) is 2. The molecular formula is C17H23NO6. The second-order valence-electron chi connectivity index (χ2n) is 6.21. The van der Waals surface area contributed by atoms with Crippen molar-refractivity contribution in [3.63, 3.8) is 0 Å². The van der Waals surface area contributed by atoms with Crippen LogP contribution < -0.4 is 14.8 Å². The largest absolute Gasteiger partial charge is 0.493 e. The number of rotatable bonds is 8. The summed E-state index contributed by atoms with van der Waals surface area (Å²) in [6, 6.07) is 6.99. The molecule has 0 spiro atoms. The molecule has 1 saturated heterocycles. The molecule has 1 fully saturated rings. The third kappa shape index (κ3) is 4.86. The fourth-order valence-electron chi connectivity index (χ4n) is 2.25. The number of aliphatic carboxylic acids is 1. The summed E-state index contributed by atoms with van der Waals surface area (Å²) in [5.41, 5.74) is -1.36. The van der Waals surface area contributed by atoms with Crippen LogP contribution in [0.5, 0.6) is 11.5 Å². The van der Waals surface area contributed by atoms with Gasteiger partial charge < -0.3 is 24.6 Å². The number of carbonyl (C=O) groups excluding carboxylic acids is 1. The van der Waals surface area contributed by atoms with Gasteiger partial charge in [0, 0.05) is 19.1 Å². The summed E-state index contributed by atoms with van der Waals surface area (Å²) in [6.45, 7) is 4.69. The molecule has 1 atom stereocenters. The number of nitrogens with one attached hydrogen (secondary N) is 1. The van der Waals surface area contributed by atoms with E-state index in [4.69, 9.17) is 14.2 Å². The fourth-order valence-corrected chi connectivity index (χ4v) is 2.25. The van der Waals surface area contributed by atoms with Crippen LogP contribution in [0.4, 0.5) is 0 Å². The summed E-state index contributed by atoms with van der Waals surface area (Å²) in [7, 11) is 0. The van der Waals surface area contributed by atoms with Gasteiger partial charge in [0.2, 0.25) is 0 Å². The number of carboxylic acid groups (broad SMARTS) is 1. The first-order valence-electron chi connectivity index (χ1n) is 7.89. The van der Waals surface area contributed by atoms with Crippen molar-refractivity contribution >= 4 is 11.9 Å². The van der Waals surface area contributed by atoms with Crippen molar-refractivity contribution in [2.45, 2.75) is 25.8 Å². The van der Waals surface area contributed by atoms with Gasteiger partial charge in [0.05, 0.1) is 13.2 Å². The fraction of sp³-hybridized carbons (Fsp3) is 0.529. The van der Waals surface area contributed by atoms with Crippen molar-refractivity contribution in [1.29, 1.82) is 0 Å². The second kappa shape index (κ2) is 8.01. The van der Waals surface area contributed by atoms with Crippen LogP contribution in [0.2, 0.25) is 0 Å². The summed E-state index contributed by atoms with van der Waals surface area (Å²) < 4.78 is 16.1. The number of ether oxygens (including phenoxy) is 3. The summed E-state index contributed by atoms with van der Waals surface area (Å²) in [4.78, 5) is 23.3. The number of amides is 1. The van der Waals surface area contributed by atoms with Crippen LogP contribution in [0.25, 0.3) is 0 Å². The zero-order chi connectivity index (χ0) is 17.6. The molecule has 0 bridgehead atoms. The maximum Gasteiger partial charge on any atom is 0.331 e. The van der Waals surface area contributed by atoms with E-state index >= 15 is 0 Å². The molecule has 1 unspecified atom stereocenters. The van der Waals surface area contributed by atoms with Crippen LogP contribution in [-0.2, 0) is 14.3 Å². The Labute approximate surface area is 140 Å². The van der Waals surface area contributed by atoms with Crippen molar-refractivity contribution < 1.29 is 28.9 Å². The average Bonchev–Trinajstić information content (AvgIpc) is 3.01. The van der Waals surface area contributed by atoms with Crippen LogP contribution in [0.3, 0.4) is 0 Å². The van der Waals surface area contributed by atoms with E-state index in [1.54, 1.807) is 18.2 Å². The maximum atomic E-state index is 12.0. The normalized spacial score (nSPS) is 20.0. The first-order chi connectivity index (χ1) is 11.4. The lowest BCUT2D eigenvalue weighted by molar-refractivity contribution is -0.148. The van der Waals surface area contributed by atoms with Gasteiger partial charge in [-0.15, -0.1) is 0 Å². The SMILES string of the molecule is CC(C)COc1cccc(OCC(=O)NC2(C(=O)O)CCOC2)c1. The highest BCUT2D eigenvalue weighted by Crippen LogP contribution is 2.21. The number of benzene rings is 1. The molecule has 0 radical (unpaired) electrons. The highest BCUT2D eigenvalue weighted by molar-refractivity contribution is 5.88. The van der Waals surface area contributed by atoms with Crippen LogP contribution in [0, 0.1) is 5.92 Å². The molecule has 24 heavy (non-hydrogen) atoms. The van der Waals surface area contributed by atoms with Crippen LogP contribution in [0.15, 0.2) is 24.3 Å². The predicted molar refractivity (Wildman–Crippen MR) is 86.2 cm³/mol. The minimum Gasteiger partial charge on any atom is -0.493 e. The molecule has 0 saturated carbocycles. The molecule has 2 N–H and O–H groups in total. The van der Waals surface area contributed by atoms with Gasteiger partial charge in [0.1, 0.15) is 11.5 Å². The smallest absolute Gasteiger partial charge is 0.331 e. The Hall–Kier alpha value is -2.28. The summed E-state index contributed by atoms with van der Waals surface area (Å²) in [5, 5.41) is 11.8. The van der Waals surface area contributed by atoms with E-state index in [0.717, 1.165) is 0 Å². The molecule has 2 rings (SSSR count). The Morgan fingerprint density at radius 2 is 2.04 bits per heavy atom. The zero-order valence-electron chi connectivity index (χ0n) is 13.9. The molecule has 1 aromatic rings. The summed E-state index contributed by atoms with van der Waals surface area (Å²) >= 11 is 0. The van der Waals surface area contributed by atoms with E-state index in [1.165, 1.54) is 0 Å². The van der Waals surface area contributed by atoms with E-state index in [0.29, 0.717) is 30.6 Å². The summed E-state index contributed by atoms with van der Waals surface area (Å²) in [5.74, 6) is -0.0544. The predicted octanol–water partition coefficient (Wildman–Crippen LogP) is 1.46. The highest BCUT2D eigenvalue weighted by Gasteiger charge is 2.43. The first-order valence-corrected chi connectivity index (χ1v) is 7.89. The third-order valence-corrected chi connectivity index (χ3v) is 3.57. The lowest BCUT2D eigenvalue weighted by Gasteiger charge is -2.23. The minimum atomic E-state index is -1.36. The molecule has 7 nitrogen and oxygen atoms in total. The highest BCUT2D eigenvalue weighted by atomic mass is 16.5. The molecule has 1 aromatic carbocycles. The van der Waals surface area contributed by atoms with Gasteiger partial charge in [-0.05, 0) is 18.1 Å². The molecule has 1 amide bonds. The van der Waals surface area contributed by atoms with E-state index in [2.05, 4.69) is 19.2 Å². The minimum absolute atomic E-state index is 0.0351. The van der Waals surface area contributed by atoms with E-state index in [9.17, 15) is 14.7 Å². The standard InChI is InChI=1S/C17H23NO6/c1-12(2)9-23-13-4-3-5-14(8-13)24-10-15(19)18-17(16(20)21)6-7-22-11-17/h3-5,8,12H,6-7,9-11H2,1-2H3,(H,18,19)(H,20,21). The molecule has 132 valence electrons. The Balaban J connectivity index is 1.87. The van der Waals surface area contributed by atoms with E-state index < -0.39 is 17.4 Å². The van der Waals surface area contributed by atoms with Crippen molar-refractivity contribution in [3.05, 3.63) is 24.3 Å². The van der Waals surface area contributed by atoms with Crippen molar-refractivity contribution in [2.75, 3.05) is 26.4 Å². The monoisotopic (exact) mass is 337 g/mol. The number of hydrogen-bond acceptors (Lipinski definition) is 5. The summed E-state index contributed by atoms with van der Waals surface area (Å²) in [6.07, 6.45) is 0.243. The van der Waals surface area contributed by atoms with Gasteiger partial charge in [0.15, 0.2) is 12.1 Å².